The van der Waals surface area contributed by atoms with Gasteiger partial charge in [-0.1, -0.05) is 78.9 Å². The van der Waals surface area contributed by atoms with Gasteiger partial charge in [0.05, 0.1) is 19.8 Å². The summed E-state index contributed by atoms with van der Waals surface area (Å²) in [5.41, 5.74) is 5.76. The molecule has 1 aliphatic heterocycles. The highest BCUT2D eigenvalue weighted by Gasteiger charge is 2.55. The SMILES string of the molecule is COC(=O)C1=C(C)N(C2(c3ccccc3)c3ccccc3-c3ccccc32)C(C(=O)OC)C1. The molecule has 0 fully saturated rings. The second kappa shape index (κ2) is 7.93. The van der Waals surface area contributed by atoms with E-state index in [1.807, 2.05) is 49.4 Å². The van der Waals surface area contributed by atoms with Gasteiger partial charge in [-0.2, -0.15) is 0 Å². The predicted molar refractivity (Wildman–Crippen MR) is 125 cm³/mol. The van der Waals surface area contributed by atoms with Gasteiger partial charge in [-0.3, -0.25) is 0 Å². The van der Waals surface area contributed by atoms with Crippen LogP contribution in [-0.4, -0.2) is 37.1 Å². The van der Waals surface area contributed by atoms with E-state index in [-0.39, 0.29) is 12.4 Å². The van der Waals surface area contributed by atoms with Crippen LogP contribution in [0.4, 0.5) is 0 Å². The number of allylic oxidation sites excluding steroid dienone is 1. The Morgan fingerprint density at radius 1 is 0.818 bits per heavy atom. The van der Waals surface area contributed by atoms with Gasteiger partial charge in [-0.25, -0.2) is 9.59 Å². The van der Waals surface area contributed by atoms with Crippen LogP contribution in [0.5, 0.6) is 0 Å². The van der Waals surface area contributed by atoms with Crippen LogP contribution in [0.25, 0.3) is 11.1 Å². The van der Waals surface area contributed by atoms with Crippen LogP contribution in [0.15, 0.2) is 90.1 Å². The number of fused-ring (bicyclic) bond motifs is 3. The summed E-state index contributed by atoms with van der Waals surface area (Å²) in [6, 6.07) is 26.0. The van der Waals surface area contributed by atoms with E-state index < -0.39 is 17.6 Å². The Balaban J connectivity index is 1.91. The Kier molecular flexibility index (Phi) is 5.05. The van der Waals surface area contributed by atoms with Crippen LogP contribution in [0.2, 0.25) is 0 Å². The lowest BCUT2D eigenvalue weighted by Gasteiger charge is -2.46. The normalized spacial score (nSPS) is 18.0. The Hall–Kier alpha value is -3.86. The third-order valence-electron chi connectivity index (χ3n) is 6.89. The number of benzene rings is 3. The Labute approximate surface area is 193 Å². The summed E-state index contributed by atoms with van der Waals surface area (Å²) < 4.78 is 10.3. The van der Waals surface area contributed by atoms with Crippen LogP contribution in [-0.2, 0) is 24.6 Å². The van der Waals surface area contributed by atoms with Gasteiger partial charge >= 0.3 is 11.9 Å². The van der Waals surface area contributed by atoms with Gasteiger partial charge < -0.3 is 14.4 Å². The smallest absolute Gasteiger partial charge is 0.335 e. The highest BCUT2D eigenvalue weighted by molar-refractivity contribution is 5.93. The minimum atomic E-state index is -0.812. The van der Waals surface area contributed by atoms with Crippen molar-refractivity contribution in [1.82, 2.24) is 4.90 Å². The monoisotopic (exact) mass is 439 g/mol. The molecule has 0 amide bonds. The molecular formula is C28H25NO4. The Bertz CT molecular complexity index is 1230. The van der Waals surface area contributed by atoms with Gasteiger partial charge in [0.1, 0.15) is 11.6 Å². The molecule has 1 aliphatic carbocycles. The first-order valence-corrected chi connectivity index (χ1v) is 11.0. The van der Waals surface area contributed by atoms with Crippen LogP contribution in [0.1, 0.15) is 30.0 Å². The van der Waals surface area contributed by atoms with E-state index in [4.69, 9.17) is 9.47 Å². The standard InChI is InChI=1S/C28H25NO4/c1-18-22(26(30)32-2)17-25(27(31)33-3)29(18)28(19-11-5-4-6-12-19)23-15-9-7-13-20(23)21-14-8-10-16-24(21)28/h4-16,25H,17H2,1-3H3. The van der Waals surface area contributed by atoms with Crippen LogP contribution in [0.3, 0.4) is 0 Å². The van der Waals surface area contributed by atoms with Gasteiger partial charge in [-0.15, -0.1) is 0 Å². The number of hydrogen-bond acceptors (Lipinski definition) is 5. The van der Waals surface area contributed by atoms with Gasteiger partial charge in [0, 0.05) is 12.1 Å². The zero-order valence-corrected chi connectivity index (χ0v) is 18.9. The maximum atomic E-state index is 13.1. The molecule has 166 valence electrons. The summed E-state index contributed by atoms with van der Waals surface area (Å²) >= 11 is 0. The number of esters is 2. The molecule has 1 heterocycles. The van der Waals surface area contributed by atoms with Gasteiger partial charge in [0.25, 0.3) is 0 Å². The summed E-state index contributed by atoms with van der Waals surface area (Å²) in [6.07, 6.45) is 0.226. The number of carbonyl (C=O) groups is 2. The maximum Gasteiger partial charge on any atom is 0.335 e. The molecule has 33 heavy (non-hydrogen) atoms. The first-order valence-electron chi connectivity index (χ1n) is 11.0. The molecule has 3 aromatic carbocycles. The van der Waals surface area contributed by atoms with Crippen molar-refractivity contribution in [2.75, 3.05) is 14.2 Å². The topological polar surface area (TPSA) is 55.8 Å². The minimum absolute atomic E-state index is 0.226. The molecule has 0 saturated carbocycles. The molecule has 0 N–H and O–H groups in total. The lowest BCUT2D eigenvalue weighted by atomic mass is 9.78. The van der Waals surface area contributed by atoms with Crippen LogP contribution < -0.4 is 0 Å². The minimum Gasteiger partial charge on any atom is -0.467 e. The fourth-order valence-corrected chi connectivity index (χ4v) is 5.58. The molecule has 5 nitrogen and oxygen atoms in total. The maximum absolute atomic E-state index is 13.1. The largest absolute Gasteiger partial charge is 0.467 e. The lowest BCUT2D eigenvalue weighted by molar-refractivity contribution is -0.147. The molecule has 1 unspecified atom stereocenters. The fraction of sp³-hybridized carbons (Fsp3) is 0.214. The predicted octanol–water partition coefficient (Wildman–Crippen LogP) is 4.65. The van der Waals surface area contributed by atoms with Crippen molar-refractivity contribution in [1.29, 1.82) is 0 Å². The summed E-state index contributed by atoms with van der Waals surface area (Å²) in [6.45, 7) is 1.89. The second-order valence-corrected chi connectivity index (χ2v) is 8.34. The zero-order chi connectivity index (χ0) is 23.2. The average molecular weight is 440 g/mol. The number of hydrogen-bond donors (Lipinski definition) is 0. The van der Waals surface area contributed by atoms with Gasteiger partial charge in [0.15, 0.2) is 0 Å². The van der Waals surface area contributed by atoms with E-state index in [9.17, 15) is 9.59 Å². The molecule has 0 radical (unpaired) electrons. The van der Waals surface area contributed by atoms with Gasteiger partial charge in [-0.05, 0) is 34.7 Å². The Morgan fingerprint density at radius 3 is 1.91 bits per heavy atom. The van der Waals surface area contributed by atoms with Crippen molar-refractivity contribution in [2.45, 2.75) is 24.9 Å². The molecule has 5 heteroatoms. The fourth-order valence-electron chi connectivity index (χ4n) is 5.58. The number of ether oxygens (including phenoxy) is 2. The van der Waals surface area contributed by atoms with Crippen molar-refractivity contribution in [2.24, 2.45) is 0 Å². The zero-order valence-electron chi connectivity index (χ0n) is 18.9. The molecule has 2 aliphatic rings. The van der Waals surface area contributed by atoms with Crippen molar-refractivity contribution >= 4 is 11.9 Å². The molecule has 3 aromatic rings. The first kappa shape index (κ1) is 21.0. The molecular weight excluding hydrogens is 414 g/mol. The highest BCUT2D eigenvalue weighted by atomic mass is 16.5. The van der Waals surface area contributed by atoms with Crippen molar-refractivity contribution in [3.8, 4) is 11.1 Å². The summed E-state index contributed by atoms with van der Waals surface area (Å²) in [5.74, 6) is -0.808. The average Bonchev–Trinajstić information content (AvgIpc) is 3.37. The molecule has 0 bridgehead atoms. The number of carbonyl (C=O) groups excluding carboxylic acids is 2. The number of nitrogens with zero attached hydrogens (tertiary/aromatic N) is 1. The molecule has 0 saturated heterocycles. The van der Waals surface area contributed by atoms with E-state index in [0.29, 0.717) is 11.3 Å². The quantitative estimate of drug-likeness (QED) is 0.554. The third-order valence-corrected chi connectivity index (χ3v) is 6.89. The van der Waals surface area contributed by atoms with E-state index in [2.05, 4.69) is 41.3 Å². The Morgan fingerprint density at radius 2 is 1.36 bits per heavy atom. The molecule has 0 aromatic heterocycles. The van der Waals surface area contributed by atoms with Crippen LogP contribution >= 0.6 is 0 Å². The van der Waals surface area contributed by atoms with Crippen molar-refractivity contribution in [3.05, 3.63) is 107 Å². The molecule has 0 spiro atoms. The number of methoxy groups -OCH3 is 2. The van der Waals surface area contributed by atoms with Crippen molar-refractivity contribution in [3.63, 3.8) is 0 Å². The number of rotatable bonds is 4. The molecule has 1 atom stereocenters. The van der Waals surface area contributed by atoms with E-state index in [1.165, 1.54) is 14.2 Å². The van der Waals surface area contributed by atoms with E-state index in [1.54, 1.807) is 0 Å². The van der Waals surface area contributed by atoms with Crippen molar-refractivity contribution < 1.29 is 19.1 Å². The van der Waals surface area contributed by atoms with Crippen LogP contribution in [0, 0.1) is 0 Å². The summed E-state index contributed by atoms with van der Waals surface area (Å²) in [7, 11) is 2.75. The first-order chi connectivity index (χ1) is 16.1. The summed E-state index contributed by atoms with van der Waals surface area (Å²) in [4.78, 5) is 27.9. The second-order valence-electron chi connectivity index (χ2n) is 8.34. The highest BCUT2D eigenvalue weighted by Crippen LogP contribution is 2.57. The lowest BCUT2D eigenvalue weighted by Crippen LogP contribution is -2.51. The van der Waals surface area contributed by atoms with E-state index in [0.717, 1.165) is 27.8 Å². The van der Waals surface area contributed by atoms with E-state index >= 15 is 0 Å². The van der Waals surface area contributed by atoms with Gasteiger partial charge in [0.2, 0.25) is 0 Å². The third kappa shape index (κ3) is 2.85. The summed E-state index contributed by atoms with van der Waals surface area (Å²) in [5, 5.41) is 0. The molecule has 5 rings (SSSR count).